The quantitative estimate of drug-likeness (QED) is 0.0867. The lowest BCUT2D eigenvalue weighted by molar-refractivity contribution is -0.138. The number of nitrogens with one attached hydrogen (secondary N) is 1. The number of aromatic nitrogens is 2. The third kappa shape index (κ3) is 14.4. The predicted octanol–water partition coefficient (Wildman–Crippen LogP) is 10.5. The molecule has 0 aliphatic carbocycles. The van der Waals surface area contributed by atoms with Gasteiger partial charge in [-0.1, -0.05) is 99.8 Å². The minimum absolute atomic E-state index is 0.0894. The highest BCUT2D eigenvalue weighted by Gasteiger charge is 2.32. The van der Waals surface area contributed by atoms with Crippen LogP contribution in [0.3, 0.4) is 0 Å². The largest absolute Gasteiger partial charge is 0.495 e. The van der Waals surface area contributed by atoms with E-state index in [1.165, 1.54) is 31.6 Å². The number of ether oxygens (including phenoxy) is 1. The summed E-state index contributed by atoms with van der Waals surface area (Å²) in [5.41, 5.74) is 7.76. The second kappa shape index (κ2) is 22.9. The molecule has 1 atom stereocenters. The molecule has 5 aromatic rings. The first-order valence-corrected chi connectivity index (χ1v) is 20.4. The molecule has 3 aromatic carbocycles. The fraction of sp³-hybridized carbons (Fsp3) is 0.267. The zero-order valence-corrected chi connectivity index (χ0v) is 38.0. The van der Waals surface area contributed by atoms with Gasteiger partial charge in [0.15, 0.2) is 0 Å². The van der Waals surface area contributed by atoms with Gasteiger partial charge in [-0.3, -0.25) is 19.2 Å². The van der Waals surface area contributed by atoms with E-state index in [4.69, 9.17) is 62.0 Å². The molecule has 0 radical (unpaired) electrons. The van der Waals surface area contributed by atoms with E-state index in [-0.39, 0.29) is 45.2 Å². The van der Waals surface area contributed by atoms with Gasteiger partial charge >= 0.3 is 11.9 Å². The molecule has 2 aromatic heterocycles. The van der Waals surface area contributed by atoms with Gasteiger partial charge in [0.05, 0.1) is 50.5 Å². The highest BCUT2D eigenvalue weighted by Crippen LogP contribution is 2.36. The lowest BCUT2D eigenvalue weighted by Gasteiger charge is -2.32. The smallest absolute Gasteiger partial charge is 0.337 e. The normalized spacial score (nSPS) is 11.2. The van der Waals surface area contributed by atoms with Gasteiger partial charge < -0.3 is 30.9 Å². The molecule has 0 spiro atoms. The number of aromatic carboxylic acids is 1. The van der Waals surface area contributed by atoms with Gasteiger partial charge in [-0.15, -0.1) is 0 Å². The van der Waals surface area contributed by atoms with Crippen LogP contribution in [0.15, 0.2) is 91.3 Å². The van der Waals surface area contributed by atoms with Gasteiger partial charge in [0.2, 0.25) is 5.91 Å². The number of carboxylic acids is 2. The number of pyridine rings is 2. The number of nitrogens with zero attached hydrogens (tertiary/aromatic N) is 3. The van der Waals surface area contributed by atoms with Gasteiger partial charge in [0, 0.05) is 24.4 Å². The van der Waals surface area contributed by atoms with E-state index in [1.807, 2.05) is 34.6 Å². The number of anilines is 3. The molecule has 5 rings (SSSR count). The number of carbonyl (C=O) groups is 5. The SMILES string of the molecule is COc1ccc(C(Cc2ccc(NC(=O)c3c(Cl)cccc3Cl)nc2)C(=O)O)cc1N(CC(C)C)C(=O)C(C)(C)C.Cc1cccc(Cl)c1C(=O)Cl.Nc1ccc(C(=O)O)cn1. The molecule has 0 fully saturated rings. The van der Waals surface area contributed by atoms with Crippen LogP contribution in [0.2, 0.25) is 15.1 Å². The maximum Gasteiger partial charge on any atom is 0.337 e. The van der Waals surface area contributed by atoms with Crippen molar-refractivity contribution >= 4 is 92.7 Å². The number of hydrogen-bond donors (Lipinski definition) is 4. The lowest BCUT2D eigenvalue weighted by Crippen LogP contribution is -2.42. The van der Waals surface area contributed by atoms with E-state index in [9.17, 15) is 29.1 Å². The first-order chi connectivity index (χ1) is 29.0. The highest BCUT2D eigenvalue weighted by molar-refractivity contribution is 6.69. The Balaban J connectivity index is 0.000000393. The number of benzene rings is 3. The van der Waals surface area contributed by atoms with Crippen molar-refractivity contribution in [2.45, 2.75) is 53.9 Å². The Kier molecular flexibility index (Phi) is 18.7. The minimum atomic E-state index is -1.02. The van der Waals surface area contributed by atoms with Crippen molar-refractivity contribution < 1.29 is 38.9 Å². The Morgan fingerprint density at radius 1 is 0.839 bits per heavy atom. The van der Waals surface area contributed by atoms with Crippen molar-refractivity contribution in [2.24, 2.45) is 11.3 Å². The van der Waals surface area contributed by atoms with E-state index in [1.54, 1.807) is 78.6 Å². The molecule has 2 heterocycles. The van der Waals surface area contributed by atoms with Crippen LogP contribution >= 0.6 is 46.4 Å². The number of aryl methyl sites for hydroxylation is 1. The average molecular weight is 928 g/mol. The van der Waals surface area contributed by atoms with E-state index in [0.717, 1.165) is 5.56 Å². The standard InChI is InChI=1S/C31H35Cl2N3O5.C8H6Cl2O.C6H6N2O2/c1-18(2)17-36(30(40)31(3,4)5)24-15-20(11-12-25(24)41-6)21(29(38)39)14-19-10-13-26(34-16-19)35-28(37)27-22(32)8-7-9-23(27)33;1-5-3-2-4-6(9)7(5)8(10)11;7-5-2-1-4(3-8-5)6(9)10/h7-13,15-16,18,21H,14,17H2,1-6H3,(H,38,39)(H,34,35,37);2-4H,1H3;1-3H,(H2,7,8)(H,9,10). The van der Waals surface area contributed by atoms with Crippen LogP contribution in [-0.2, 0) is 16.0 Å². The molecular formula is C45H47Cl4N5O8. The molecule has 0 bridgehead atoms. The van der Waals surface area contributed by atoms with E-state index >= 15 is 0 Å². The molecule has 328 valence electrons. The summed E-state index contributed by atoms with van der Waals surface area (Å²) in [6, 6.07) is 21.2. The van der Waals surface area contributed by atoms with Crippen LogP contribution in [0.5, 0.6) is 5.75 Å². The van der Waals surface area contributed by atoms with Crippen molar-refractivity contribution in [3.63, 3.8) is 0 Å². The van der Waals surface area contributed by atoms with E-state index in [0.29, 0.717) is 45.5 Å². The Bertz CT molecular complexity index is 2350. The first kappa shape index (κ1) is 50.6. The summed E-state index contributed by atoms with van der Waals surface area (Å²) >= 11 is 23.3. The molecule has 17 heteroatoms. The summed E-state index contributed by atoms with van der Waals surface area (Å²) in [5, 5.41) is 21.5. The van der Waals surface area contributed by atoms with Crippen LogP contribution in [-0.4, -0.2) is 62.8 Å². The first-order valence-electron chi connectivity index (χ1n) is 18.9. The minimum Gasteiger partial charge on any atom is -0.495 e. The van der Waals surface area contributed by atoms with Crippen molar-refractivity contribution in [1.82, 2.24) is 9.97 Å². The summed E-state index contributed by atoms with van der Waals surface area (Å²) in [6.45, 7) is 11.8. The Morgan fingerprint density at radius 3 is 1.90 bits per heavy atom. The second-order valence-corrected chi connectivity index (χ2v) is 16.7. The van der Waals surface area contributed by atoms with Crippen molar-refractivity contribution in [3.05, 3.63) is 140 Å². The number of aliphatic carboxylic acids is 1. The zero-order chi connectivity index (χ0) is 46.5. The van der Waals surface area contributed by atoms with Gasteiger partial charge in [0.1, 0.15) is 17.4 Å². The summed E-state index contributed by atoms with van der Waals surface area (Å²) in [6.07, 6.45) is 2.87. The number of hydrogen-bond acceptors (Lipinski definition) is 9. The lowest BCUT2D eigenvalue weighted by atomic mass is 9.90. The molecule has 1 unspecified atom stereocenters. The Morgan fingerprint density at radius 2 is 1.45 bits per heavy atom. The Labute approximate surface area is 380 Å². The molecule has 0 saturated heterocycles. The van der Waals surface area contributed by atoms with E-state index < -0.39 is 34.4 Å². The third-order valence-electron chi connectivity index (χ3n) is 8.78. The third-order valence-corrected chi connectivity index (χ3v) is 9.91. The average Bonchev–Trinajstić information content (AvgIpc) is 3.19. The molecule has 0 aliphatic rings. The molecule has 2 amide bonds. The fourth-order valence-electron chi connectivity index (χ4n) is 5.70. The molecule has 0 aliphatic heterocycles. The number of nitrogens with two attached hydrogens (primary N) is 1. The summed E-state index contributed by atoms with van der Waals surface area (Å²) in [5.74, 6) is -2.30. The topological polar surface area (TPSA) is 202 Å². The Hall–Kier alpha value is -5.73. The molecule has 62 heavy (non-hydrogen) atoms. The maximum atomic E-state index is 13.4. The summed E-state index contributed by atoms with van der Waals surface area (Å²) in [4.78, 5) is 69.1. The number of methoxy groups -OCH3 is 1. The van der Waals surface area contributed by atoms with Gasteiger partial charge in [-0.05, 0) is 96.1 Å². The van der Waals surface area contributed by atoms with Gasteiger partial charge in [-0.2, -0.15) is 0 Å². The number of amides is 2. The van der Waals surface area contributed by atoms with Gasteiger partial charge in [-0.25, -0.2) is 14.8 Å². The van der Waals surface area contributed by atoms with Gasteiger partial charge in [0.25, 0.3) is 11.1 Å². The summed E-state index contributed by atoms with van der Waals surface area (Å²) in [7, 11) is 1.52. The fourth-order valence-corrected chi connectivity index (χ4v) is 6.88. The summed E-state index contributed by atoms with van der Waals surface area (Å²) < 4.78 is 5.57. The van der Waals surface area contributed by atoms with E-state index in [2.05, 4.69) is 15.3 Å². The predicted molar refractivity (Wildman–Crippen MR) is 244 cm³/mol. The van der Waals surface area contributed by atoms with Crippen LogP contribution in [0.4, 0.5) is 17.3 Å². The number of carbonyl (C=O) groups excluding carboxylic acids is 3. The second-order valence-electron chi connectivity index (χ2n) is 15.2. The number of halogens is 4. The molecule has 0 saturated carbocycles. The van der Waals surface area contributed by atoms with Crippen molar-refractivity contribution in [3.8, 4) is 5.75 Å². The monoisotopic (exact) mass is 925 g/mol. The van der Waals surface area contributed by atoms with Crippen LogP contribution in [0.25, 0.3) is 0 Å². The van der Waals surface area contributed by atoms with Crippen molar-refractivity contribution in [2.75, 3.05) is 29.6 Å². The van der Waals surface area contributed by atoms with Crippen LogP contribution in [0, 0.1) is 18.3 Å². The molecule has 13 nitrogen and oxygen atoms in total. The molecule has 5 N–H and O–H groups in total. The number of nitrogen functional groups attached to an aromatic ring is 1. The number of carboxylic acid groups (broad SMARTS) is 2. The highest BCUT2D eigenvalue weighted by atomic mass is 35.5. The van der Waals surface area contributed by atoms with Crippen LogP contribution < -0.4 is 20.7 Å². The molecular weight excluding hydrogens is 880 g/mol. The number of rotatable bonds is 12. The van der Waals surface area contributed by atoms with Crippen LogP contribution in [0.1, 0.15) is 88.3 Å². The van der Waals surface area contributed by atoms with Crippen molar-refractivity contribution in [1.29, 1.82) is 0 Å². The zero-order valence-electron chi connectivity index (χ0n) is 35.0. The maximum absolute atomic E-state index is 13.4.